The van der Waals surface area contributed by atoms with Crippen molar-refractivity contribution >= 4 is 6.29 Å². The van der Waals surface area contributed by atoms with E-state index in [-0.39, 0.29) is 0 Å². The Balaban J connectivity index is 2.30. The summed E-state index contributed by atoms with van der Waals surface area (Å²) >= 11 is 0. The van der Waals surface area contributed by atoms with Crippen molar-refractivity contribution in [3.8, 4) is 0 Å². The number of carbonyl (C=O) groups is 1. The Labute approximate surface area is 75.5 Å². The van der Waals surface area contributed by atoms with Crippen molar-refractivity contribution in [2.45, 2.75) is 46.0 Å². The maximum absolute atomic E-state index is 10.6. The monoisotopic (exact) mass is 168 g/mol. The molecule has 0 aliphatic heterocycles. The first-order valence-corrected chi connectivity index (χ1v) is 5.17. The second-order valence-corrected chi connectivity index (χ2v) is 4.56. The summed E-state index contributed by atoms with van der Waals surface area (Å²) in [4.78, 5) is 10.6. The molecule has 1 fully saturated rings. The van der Waals surface area contributed by atoms with E-state index < -0.39 is 0 Å². The molecule has 0 aromatic rings. The van der Waals surface area contributed by atoms with E-state index in [1.54, 1.807) is 0 Å². The molecule has 0 saturated heterocycles. The van der Waals surface area contributed by atoms with Crippen LogP contribution in [0.3, 0.4) is 0 Å². The fourth-order valence-electron chi connectivity index (χ4n) is 2.34. The van der Waals surface area contributed by atoms with Crippen LogP contribution in [0.25, 0.3) is 0 Å². The summed E-state index contributed by atoms with van der Waals surface area (Å²) in [5.74, 6) is 2.00. The van der Waals surface area contributed by atoms with Crippen molar-refractivity contribution in [3.05, 3.63) is 0 Å². The highest BCUT2D eigenvalue weighted by Gasteiger charge is 2.21. The fraction of sp³-hybridized carbons (Fsp3) is 0.909. The van der Waals surface area contributed by atoms with Gasteiger partial charge in [-0.3, -0.25) is 0 Å². The molecule has 0 radical (unpaired) electrons. The quantitative estimate of drug-likeness (QED) is 0.592. The molecule has 0 spiro atoms. The van der Waals surface area contributed by atoms with Crippen LogP contribution in [0.1, 0.15) is 46.0 Å². The summed E-state index contributed by atoms with van der Waals surface area (Å²) in [5, 5.41) is 0. The van der Waals surface area contributed by atoms with Crippen molar-refractivity contribution < 1.29 is 4.79 Å². The van der Waals surface area contributed by atoms with Gasteiger partial charge in [-0.05, 0) is 31.1 Å². The van der Waals surface area contributed by atoms with Gasteiger partial charge in [0.05, 0.1) is 0 Å². The smallest absolute Gasteiger partial charge is 0.123 e. The van der Waals surface area contributed by atoms with Crippen LogP contribution in [0.4, 0.5) is 0 Å². The van der Waals surface area contributed by atoms with Crippen LogP contribution < -0.4 is 0 Å². The van der Waals surface area contributed by atoms with Crippen LogP contribution in [0, 0.1) is 17.8 Å². The van der Waals surface area contributed by atoms with Crippen LogP contribution in [0.15, 0.2) is 0 Å². The highest BCUT2D eigenvalue weighted by atomic mass is 16.1. The van der Waals surface area contributed by atoms with Gasteiger partial charge in [0.2, 0.25) is 0 Å². The molecule has 0 bridgehead atoms. The van der Waals surface area contributed by atoms with E-state index in [1.165, 1.54) is 19.3 Å². The van der Waals surface area contributed by atoms with Gasteiger partial charge >= 0.3 is 0 Å². The van der Waals surface area contributed by atoms with Crippen molar-refractivity contribution in [1.29, 1.82) is 0 Å². The Morgan fingerprint density at radius 1 is 1.42 bits per heavy atom. The molecular formula is C11H20O. The van der Waals surface area contributed by atoms with Gasteiger partial charge in [-0.1, -0.05) is 26.7 Å². The van der Waals surface area contributed by atoms with Crippen molar-refractivity contribution in [2.75, 3.05) is 0 Å². The lowest BCUT2D eigenvalue weighted by Gasteiger charge is -2.26. The minimum atomic E-state index is 0.377. The second-order valence-electron chi connectivity index (χ2n) is 4.56. The Morgan fingerprint density at radius 2 is 2.17 bits per heavy atom. The Morgan fingerprint density at radius 3 is 2.75 bits per heavy atom. The van der Waals surface area contributed by atoms with Crippen LogP contribution in [0.5, 0.6) is 0 Å². The molecule has 1 saturated carbocycles. The normalized spacial score (nSPS) is 30.6. The number of hydrogen-bond acceptors (Lipinski definition) is 1. The molecule has 12 heavy (non-hydrogen) atoms. The van der Waals surface area contributed by atoms with Gasteiger partial charge < -0.3 is 4.79 Å². The topological polar surface area (TPSA) is 17.1 Å². The maximum atomic E-state index is 10.6. The lowest BCUT2D eigenvalue weighted by Crippen LogP contribution is -2.17. The molecule has 0 aromatic carbocycles. The summed E-state index contributed by atoms with van der Waals surface area (Å²) in [6.07, 6.45) is 7.37. The summed E-state index contributed by atoms with van der Waals surface area (Å²) in [5.41, 5.74) is 0. The van der Waals surface area contributed by atoms with Crippen LogP contribution in [-0.2, 0) is 4.79 Å². The van der Waals surface area contributed by atoms with E-state index >= 15 is 0 Å². The second kappa shape index (κ2) is 4.64. The average molecular weight is 168 g/mol. The molecule has 0 aromatic heterocycles. The van der Waals surface area contributed by atoms with E-state index in [1.807, 2.05) is 0 Å². The fourth-order valence-corrected chi connectivity index (χ4v) is 2.34. The summed E-state index contributed by atoms with van der Waals surface area (Å²) in [6, 6.07) is 0. The predicted molar refractivity (Wildman–Crippen MR) is 51.0 cm³/mol. The molecule has 70 valence electrons. The molecular weight excluding hydrogens is 148 g/mol. The zero-order valence-corrected chi connectivity index (χ0v) is 8.25. The van der Waals surface area contributed by atoms with E-state index in [2.05, 4.69) is 13.8 Å². The maximum Gasteiger partial charge on any atom is 0.123 e. The van der Waals surface area contributed by atoms with E-state index in [0.717, 1.165) is 31.0 Å². The molecule has 1 nitrogen and oxygen atoms in total. The first-order valence-electron chi connectivity index (χ1n) is 5.17. The molecule has 2 atom stereocenters. The van der Waals surface area contributed by atoms with Gasteiger partial charge in [0.15, 0.2) is 0 Å². The van der Waals surface area contributed by atoms with Gasteiger partial charge in [0.25, 0.3) is 0 Å². The Kier molecular flexibility index (Phi) is 3.77. The molecule has 1 rings (SSSR count). The van der Waals surface area contributed by atoms with Crippen LogP contribution in [0.2, 0.25) is 0 Å². The van der Waals surface area contributed by atoms with Crippen molar-refractivity contribution in [1.82, 2.24) is 0 Å². The largest absolute Gasteiger partial charge is 0.303 e. The van der Waals surface area contributed by atoms with E-state index in [9.17, 15) is 4.79 Å². The zero-order valence-electron chi connectivity index (χ0n) is 8.25. The number of rotatable bonds is 3. The third-order valence-corrected chi connectivity index (χ3v) is 2.82. The third kappa shape index (κ3) is 2.96. The number of aldehydes is 1. The summed E-state index contributed by atoms with van der Waals surface area (Å²) in [6.45, 7) is 4.54. The first-order chi connectivity index (χ1) is 5.72. The Hall–Kier alpha value is -0.330. The highest BCUT2D eigenvalue weighted by Crippen LogP contribution is 2.31. The molecule has 2 unspecified atom stereocenters. The van der Waals surface area contributed by atoms with Gasteiger partial charge in [0, 0.05) is 5.92 Å². The van der Waals surface area contributed by atoms with Gasteiger partial charge in [0.1, 0.15) is 6.29 Å². The van der Waals surface area contributed by atoms with Gasteiger partial charge in [-0.15, -0.1) is 0 Å². The minimum Gasteiger partial charge on any atom is -0.303 e. The van der Waals surface area contributed by atoms with Gasteiger partial charge in [-0.2, -0.15) is 0 Å². The predicted octanol–water partition coefficient (Wildman–Crippen LogP) is 3.04. The minimum absolute atomic E-state index is 0.377. The van der Waals surface area contributed by atoms with E-state index in [4.69, 9.17) is 0 Å². The third-order valence-electron chi connectivity index (χ3n) is 2.82. The first kappa shape index (κ1) is 9.76. The van der Waals surface area contributed by atoms with Crippen LogP contribution >= 0.6 is 0 Å². The van der Waals surface area contributed by atoms with Crippen molar-refractivity contribution in [2.24, 2.45) is 17.8 Å². The molecule has 0 heterocycles. The standard InChI is InChI=1S/C11H20O/c1-9(2)6-10-4-3-5-11(7-10)8-12/h8-11H,3-7H2,1-2H3. The number of carbonyl (C=O) groups excluding carboxylic acids is 1. The molecule has 1 aliphatic rings. The highest BCUT2D eigenvalue weighted by molar-refractivity contribution is 5.53. The molecule has 0 amide bonds. The number of hydrogen-bond donors (Lipinski definition) is 0. The Bertz CT molecular complexity index is 140. The van der Waals surface area contributed by atoms with Crippen LogP contribution in [-0.4, -0.2) is 6.29 Å². The SMILES string of the molecule is CC(C)CC1CCCC(C=O)C1. The molecule has 1 heteroatoms. The average Bonchev–Trinajstić information content (AvgIpc) is 2.03. The zero-order chi connectivity index (χ0) is 8.97. The summed E-state index contributed by atoms with van der Waals surface area (Å²) in [7, 11) is 0. The molecule has 0 N–H and O–H groups in total. The van der Waals surface area contributed by atoms with Crippen molar-refractivity contribution in [3.63, 3.8) is 0 Å². The molecule has 1 aliphatic carbocycles. The van der Waals surface area contributed by atoms with E-state index in [0.29, 0.717) is 5.92 Å². The lowest BCUT2D eigenvalue weighted by molar-refractivity contribution is -0.112. The lowest BCUT2D eigenvalue weighted by atomic mass is 9.78. The van der Waals surface area contributed by atoms with Gasteiger partial charge in [-0.25, -0.2) is 0 Å². The summed E-state index contributed by atoms with van der Waals surface area (Å²) < 4.78 is 0.